The molecule has 0 saturated carbocycles. The normalized spacial score (nSPS) is 26.2. The van der Waals surface area contributed by atoms with Crippen molar-refractivity contribution in [3.63, 3.8) is 0 Å². The molecule has 3 rings (SSSR count). The molecule has 3 heterocycles. The van der Waals surface area contributed by atoms with Gasteiger partial charge in [0, 0.05) is 31.8 Å². The number of ether oxygens (including phenoxy) is 2. The Balaban J connectivity index is 1.71. The van der Waals surface area contributed by atoms with Gasteiger partial charge in [-0.05, 0) is 38.5 Å². The molecule has 2 fully saturated rings. The highest BCUT2D eigenvalue weighted by molar-refractivity contribution is 5.96. The summed E-state index contributed by atoms with van der Waals surface area (Å²) in [6, 6.07) is 0.151. The first-order valence-corrected chi connectivity index (χ1v) is 8.62. The molecule has 0 aliphatic carbocycles. The Hall–Kier alpha value is -1.40. The van der Waals surface area contributed by atoms with Crippen molar-refractivity contribution in [1.29, 1.82) is 0 Å². The van der Waals surface area contributed by atoms with Crippen LogP contribution in [0.25, 0.3) is 0 Å². The molecule has 1 N–H and O–H groups in total. The Kier molecular flexibility index (Phi) is 5.33. The second-order valence-electron chi connectivity index (χ2n) is 6.47. The standard InChI is InChI=1S/C17H26N2O4/c1-3-14-16(11(2)23-19-14)17(20)18-15-6-9-22-10-13(15)12-4-7-21-8-5-12/h12-13,15H,3-10H2,1-2H3,(H,18,20)/t13-,15-/m1/s1. The number of rotatable bonds is 4. The van der Waals surface area contributed by atoms with Crippen LogP contribution in [0.2, 0.25) is 0 Å². The van der Waals surface area contributed by atoms with Crippen molar-refractivity contribution in [1.82, 2.24) is 10.5 Å². The van der Waals surface area contributed by atoms with Gasteiger partial charge in [-0.2, -0.15) is 0 Å². The third-order valence-corrected chi connectivity index (χ3v) is 5.08. The fourth-order valence-electron chi connectivity index (χ4n) is 3.74. The number of amides is 1. The number of hydrogen-bond acceptors (Lipinski definition) is 5. The molecule has 0 radical (unpaired) electrons. The summed E-state index contributed by atoms with van der Waals surface area (Å²) >= 11 is 0. The molecule has 128 valence electrons. The summed E-state index contributed by atoms with van der Waals surface area (Å²) in [6.45, 7) is 6.82. The Bertz CT molecular complexity index is 537. The van der Waals surface area contributed by atoms with E-state index >= 15 is 0 Å². The van der Waals surface area contributed by atoms with Crippen LogP contribution in [0.1, 0.15) is 48.0 Å². The van der Waals surface area contributed by atoms with E-state index in [4.69, 9.17) is 14.0 Å². The van der Waals surface area contributed by atoms with E-state index in [-0.39, 0.29) is 11.9 Å². The van der Waals surface area contributed by atoms with Gasteiger partial charge in [0.25, 0.3) is 5.91 Å². The highest BCUT2D eigenvalue weighted by Crippen LogP contribution is 2.30. The van der Waals surface area contributed by atoms with Gasteiger partial charge in [0.05, 0.1) is 12.3 Å². The van der Waals surface area contributed by atoms with E-state index in [9.17, 15) is 4.79 Å². The van der Waals surface area contributed by atoms with Crippen LogP contribution in [0.5, 0.6) is 0 Å². The van der Waals surface area contributed by atoms with Crippen LogP contribution in [0.3, 0.4) is 0 Å². The maximum Gasteiger partial charge on any atom is 0.257 e. The number of carbonyl (C=O) groups is 1. The van der Waals surface area contributed by atoms with Crippen molar-refractivity contribution in [3.8, 4) is 0 Å². The molecule has 1 amide bonds. The zero-order valence-corrected chi connectivity index (χ0v) is 14.0. The number of nitrogens with one attached hydrogen (secondary N) is 1. The lowest BCUT2D eigenvalue weighted by Crippen LogP contribution is -2.49. The highest BCUT2D eigenvalue weighted by atomic mass is 16.5. The summed E-state index contributed by atoms with van der Waals surface area (Å²) < 4.78 is 16.3. The fraction of sp³-hybridized carbons (Fsp3) is 0.765. The zero-order chi connectivity index (χ0) is 16.2. The Morgan fingerprint density at radius 3 is 2.70 bits per heavy atom. The van der Waals surface area contributed by atoms with Gasteiger partial charge in [0.2, 0.25) is 0 Å². The second-order valence-corrected chi connectivity index (χ2v) is 6.47. The smallest absolute Gasteiger partial charge is 0.257 e. The van der Waals surface area contributed by atoms with Crippen molar-refractivity contribution < 1.29 is 18.8 Å². The van der Waals surface area contributed by atoms with Crippen LogP contribution in [0.4, 0.5) is 0 Å². The molecular weight excluding hydrogens is 296 g/mol. The van der Waals surface area contributed by atoms with Gasteiger partial charge in [-0.15, -0.1) is 0 Å². The number of carbonyl (C=O) groups excluding carboxylic acids is 1. The summed E-state index contributed by atoms with van der Waals surface area (Å²) in [6.07, 6.45) is 3.65. The average molecular weight is 322 g/mol. The molecule has 2 aliphatic rings. The van der Waals surface area contributed by atoms with Crippen LogP contribution in [-0.2, 0) is 15.9 Å². The topological polar surface area (TPSA) is 73.6 Å². The number of aromatic nitrogens is 1. The number of aryl methyl sites for hydroxylation is 2. The van der Waals surface area contributed by atoms with E-state index < -0.39 is 0 Å². The van der Waals surface area contributed by atoms with Crippen molar-refractivity contribution in [3.05, 3.63) is 17.0 Å². The van der Waals surface area contributed by atoms with Crippen LogP contribution in [0.15, 0.2) is 4.52 Å². The monoisotopic (exact) mass is 322 g/mol. The van der Waals surface area contributed by atoms with Crippen molar-refractivity contribution >= 4 is 5.91 Å². The maximum absolute atomic E-state index is 12.7. The predicted octanol–water partition coefficient (Wildman–Crippen LogP) is 2.11. The fourth-order valence-corrected chi connectivity index (χ4v) is 3.74. The molecular formula is C17H26N2O4. The Morgan fingerprint density at radius 1 is 1.22 bits per heavy atom. The van der Waals surface area contributed by atoms with Gasteiger partial charge in [-0.25, -0.2) is 0 Å². The molecule has 0 aromatic carbocycles. The Morgan fingerprint density at radius 2 is 1.96 bits per heavy atom. The minimum Gasteiger partial charge on any atom is -0.381 e. The molecule has 2 aliphatic heterocycles. The summed E-state index contributed by atoms with van der Waals surface area (Å²) in [4.78, 5) is 12.7. The van der Waals surface area contributed by atoms with E-state index in [0.717, 1.165) is 44.8 Å². The van der Waals surface area contributed by atoms with Crippen LogP contribution >= 0.6 is 0 Å². The van der Waals surface area contributed by atoms with Gasteiger partial charge in [0.15, 0.2) is 0 Å². The third-order valence-electron chi connectivity index (χ3n) is 5.08. The minimum absolute atomic E-state index is 0.0652. The van der Waals surface area contributed by atoms with Gasteiger partial charge >= 0.3 is 0 Å². The van der Waals surface area contributed by atoms with Crippen molar-refractivity contribution in [2.45, 2.75) is 45.6 Å². The van der Waals surface area contributed by atoms with Crippen LogP contribution in [-0.4, -0.2) is 43.5 Å². The lowest BCUT2D eigenvalue weighted by Gasteiger charge is -2.39. The summed E-state index contributed by atoms with van der Waals surface area (Å²) in [7, 11) is 0. The lowest BCUT2D eigenvalue weighted by atomic mass is 9.79. The first-order valence-electron chi connectivity index (χ1n) is 8.62. The first-order chi connectivity index (χ1) is 11.2. The van der Waals surface area contributed by atoms with Gasteiger partial charge in [-0.3, -0.25) is 4.79 Å². The third kappa shape index (κ3) is 3.58. The van der Waals surface area contributed by atoms with Crippen LogP contribution in [0, 0.1) is 18.8 Å². The molecule has 6 heteroatoms. The van der Waals surface area contributed by atoms with E-state index in [1.807, 2.05) is 6.92 Å². The van der Waals surface area contributed by atoms with Crippen LogP contribution < -0.4 is 5.32 Å². The van der Waals surface area contributed by atoms with Crippen molar-refractivity contribution in [2.24, 2.45) is 11.8 Å². The minimum atomic E-state index is -0.0652. The Labute approximate surface area is 136 Å². The highest BCUT2D eigenvalue weighted by Gasteiger charge is 2.35. The van der Waals surface area contributed by atoms with Crippen molar-refractivity contribution in [2.75, 3.05) is 26.4 Å². The molecule has 2 atom stereocenters. The molecule has 0 spiro atoms. The van der Waals surface area contributed by atoms with E-state index in [1.165, 1.54) is 0 Å². The summed E-state index contributed by atoms with van der Waals surface area (Å²) in [5.41, 5.74) is 1.33. The number of nitrogens with zero attached hydrogens (tertiary/aromatic N) is 1. The molecule has 2 saturated heterocycles. The average Bonchev–Trinajstić information content (AvgIpc) is 2.97. The molecule has 23 heavy (non-hydrogen) atoms. The zero-order valence-electron chi connectivity index (χ0n) is 14.0. The lowest BCUT2D eigenvalue weighted by molar-refractivity contribution is -0.0259. The van der Waals surface area contributed by atoms with Gasteiger partial charge in [0.1, 0.15) is 11.3 Å². The molecule has 1 aromatic rings. The molecule has 1 aromatic heterocycles. The van der Waals surface area contributed by atoms with Gasteiger partial charge in [-0.1, -0.05) is 12.1 Å². The van der Waals surface area contributed by atoms with E-state index in [2.05, 4.69) is 10.5 Å². The molecule has 0 unspecified atom stereocenters. The molecule has 6 nitrogen and oxygen atoms in total. The largest absolute Gasteiger partial charge is 0.381 e. The first kappa shape index (κ1) is 16.5. The molecule has 0 bridgehead atoms. The quantitative estimate of drug-likeness (QED) is 0.919. The van der Waals surface area contributed by atoms with Gasteiger partial charge < -0.3 is 19.3 Å². The maximum atomic E-state index is 12.7. The second kappa shape index (κ2) is 7.45. The summed E-state index contributed by atoms with van der Waals surface area (Å²) in [5.74, 6) is 1.45. The number of hydrogen-bond donors (Lipinski definition) is 1. The summed E-state index contributed by atoms with van der Waals surface area (Å²) in [5, 5.41) is 7.20. The van der Waals surface area contributed by atoms with E-state index in [1.54, 1.807) is 6.92 Å². The van der Waals surface area contributed by atoms with E-state index in [0.29, 0.717) is 36.2 Å². The SMILES string of the molecule is CCc1noc(C)c1C(=O)N[C@@H]1CCOC[C@@H]1C1CCOCC1. The predicted molar refractivity (Wildman–Crippen MR) is 84.3 cm³/mol.